The number of hydrogen-bond donors (Lipinski definition) is 1. The van der Waals surface area contributed by atoms with E-state index in [0.717, 1.165) is 32.1 Å². The molecule has 0 radical (unpaired) electrons. The molecule has 1 saturated carbocycles. The second-order valence-electron chi connectivity index (χ2n) is 9.73. The summed E-state index contributed by atoms with van der Waals surface area (Å²) < 4.78 is 12.1. The smallest absolute Gasteiger partial charge is 0.358 e. The van der Waals surface area contributed by atoms with Crippen molar-refractivity contribution in [2.75, 3.05) is 18.1 Å². The Balaban J connectivity index is 1.68. The largest absolute Gasteiger partial charge is 0.494 e. The fourth-order valence-electron chi connectivity index (χ4n) is 5.20. The molecule has 2 heterocycles. The maximum atomic E-state index is 13.8. The van der Waals surface area contributed by atoms with E-state index in [-0.39, 0.29) is 36.5 Å². The van der Waals surface area contributed by atoms with Gasteiger partial charge < -0.3 is 14.8 Å². The van der Waals surface area contributed by atoms with Crippen molar-refractivity contribution in [3.63, 3.8) is 0 Å². The first kappa shape index (κ1) is 25.7. The van der Waals surface area contributed by atoms with Crippen LogP contribution in [-0.4, -0.2) is 52.4 Å². The second-order valence-corrected chi connectivity index (χ2v) is 9.73. The lowest BCUT2D eigenvalue weighted by Crippen LogP contribution is -2.65. The molecule has 2 aliphatic rings. The fraction of sp³-hybridized carbons (Fsp3) is 0.556. The Labute approximate surface area is 212 Å². The highest BCUT2D eigenvalue weighted by atomic mass is 16.5. The van der Waals surface area contributed by atoms with E-state index in [2.05, 4.69) is 17.3 Å². The Morgan fingerprint density at radius 3 is 2.39 bits per heavy atom. The number of fused-ring (bicyclic) bond motifs is 1. The predicted octanol–water partition coefficient (Wildman–Crippen LogP) is 3.96. The van der Waals surface area contributed by atoms with Gasteiger partial charge >= 0.3 is 5.97 Å². The summed E-state index contributed by atoms with van der Waals surface area (Å²) >= 11 is 0. The monoisotopic (exact) mass is 496 g/mol. The topological polar surface area (TPSA) is 103 Å². The predicted molar refractivity (Wildman–Crippen MR) is 135 cm³/mol. The molecule has 1 fully saturated rings. The molecule has 2 aromatic rings. The van der Waals surface area contributed by atoms with E-state index < -0.39 is 17.4 Å². The molecule has 0 bridgehead atoms. The van der Waals surface area contributed by atoms with Gasteiger partial charge in [-0.25, -0.2) is 4.79 Å². The first-order valence-electron chi connectivity index (χ1n) is 12.9. The third kappa shape index (κ3) is 4.96. The Kier molecular flexibility index (Phi) is 7.66. The molecule has 1 aromatic heterocycles. The van der Waals surface area contributed by atoms with Gasteiger partial charge in [-0.05, 0) is 76.6 Å². The minimum Gasteiger partial charge on any atom is -0.494 e. The van der Waals surface area contributed by atoms with Gasteiger partial charge in [-0.2, -0.15) is 5.10 Å². The number of rotatable bonds is 8. The van der Waals surface area contributed by atoms with Crippen molar-refractivity contribution < 1.29 is 23.9 Å². The van der Waals surface area contributed by atoms with Gasteiger partial charge in [0.2, 0.25) is 5.91 Å². The summed E-state index contributed by atoms with van der Waals surface area (Å²) in [7, 11) is 0. The standard InChI is InChI=1S/C27H36N4O5/c1-5-18-8-10-19(11-9-18)28-26(34)27(4)17-30-23(16-22(29-30)25(33)36-7-3)24(32)31(27)20-12-14-21(15-13-20)35-6-2/h12-16,18-19H,5-11,17H2,1-4H3,(H,28,34). The number of benzene rings is 1. The van der Waals surface area contributed by atoms with Crippen LogP contribution in [0.25, 0.3) is 0 Å². The van der Waals surface area contributed by atoms with Crippen LogP contribution in [0.2, 0.25) is 0 Å². The van der Waals surface area contributed by atoms with Crippen LogP contribution in [-0.2, 0) is 16.1 Å². The molecule has 4 rings (SSSR count). The number of esters is 1. The number of nitrogens with zero attached hydrogens (tertiary/aromatic N) is 3. The summed E-state index contributed by atoms with van der Waals surface area (Å²) in [6.45, 7) is 8.41. The molecule has 1 aromatic carbocycles. The molecule has 9 heteroatoms. The van der Waals surface area contributed by atoms with Crippen LogP contribution >= 0.6 is 0 Å². The van der Waals surface area contributed by atoms with Crippen LogP contribution in [0.1, 0.15) is 80.8 Å². The minimum absolute atomic E-state index is 0.0504. The van der Waals surface area contributed by atoms with Gasteiger partial charge in [-0.1, -0.05) is 13.3 Å². The average Bonchev–Trinajstić information content (AvgIpc) is 3.30. The third-order valence-corrected chi connectivity index (χ3v) is 7.29. The molecule has 9 nitrogen and oxygen atoms in total. The first-order valence-corrected chi connectivity index (χ1v) is 12.9. The van der Waals surface area contributed by atoms with E-state index in [9.17, 15) is 14.4 Å². The van der Waals surface area contributed by atoms with Gasteiger partial charge in [0.25, 0.3) is 5.91 Å². The summed E-state index contributed by atoms with van der Waals surface area (Å²) in [5, 5.41) is 7.54. The average molecular weight is 497 g/mol. The van der Waals surface area contributed by atoms with Crippen LogP contribution in [0.15, 0.2) is 30.3 Å². The zero-order valence-corrected chi connectivity index (χ0v) is 21.6. The molecular weight excluding hydrogens is 460 g/mol. The molecular formula is C27H36N4O5. The number of aromatic nitrogens is 2. The van der Waals surface area contributed by atoms with Crippen molar-refractivity contribution in [3.8, 4) is 5.75 Å². The number of amides is 2. The normalized spacial score (nSPS) is 23.7. The summed E-state index contributed by atoms with van der Waals surface area (Å²) in [6, 6.07) is 8.63. The number of nitrogens with one attached hydrogen (secondary N) is 1. The van der Waals surface area contributed by atoms with Gasteiger partial charge in [-0.15, -0.1) is 0 Å². The molecule has 1 N–H and O–H groups in total. The number of ether oxygens (including phenoxy) is 2. The number of carbonyl (C=O) groups is 3. The quantitative estimate of drug-likeness (QED) is 0.555. The van der Waals surface area contributed by atoms with E-state index in [1.165, 1.54) is 15.6 Å². The summed E-state index contributed by atoms with van der Waals surface area (Å²) in [5.74, 6) is 0.153. The van der Waals surface area contributed by atoms with E-state index in [1.807, 2.05) is 6.92 Å². The SMILES string of the molecule is CCOC(=O)c1cc2n(n1)CC(C)(C(=O)NC1CCC(CC)CC1)N(c1ccc(OCC)cc1)C2=O. The Morgan fingerprint density at radius 2 is 1.78 bits per heavy atom. The van der Waals surface area contributed by atoms with Crippen LogP contribution in [0.4, 0.5) is 5.69 Å². The van der Waals surface area contributed by atoms with E-state index in [1.54, 1.807) is 38.1 Å². The number of hydrogen-bond acceptors (Lipinski definition) is 6. The molecule has 1 unspecified atom stereocenters. The van der Waals surface area contributed by atoms with Crippen molar-refractivity contribution in [3.05, 3.63) is 41.7 Å². The third-order valence-electron chi connectivity index (χ3n) is 7.29. The number of anilines is 1. The molecule has 194 valence electrons. The first-order chi connectivity index (χ1) is 17.3. The van der Waals surface area contributed by atoms with Crippen molar-refractivity contribution >= 4 is 23.5 Å². The van der Waals surface area contributed by atoms with Crippen molar-refractivity contribution in [1.29, 1.82) is 0 Å². The highest BCUT2D eigenvalue weighted by Gasteiger charge is 2.49. The van der Waals surface area contributed by atoms with Crippen molar-refractivity contribution in [2.45, 2.75) is 77.9 Å². The molecule has 2 amide bonds. The van der Waals surface area contributed by atoms with Crippen molar-refractivity contribution in [2.24, 2.45) is 5.92 Å². The highest BCUT2D eigenvalue weighted by molar-refractivity contribution is 6.12. The zero-order valence-electron chi connectivity index (χ0n) is 21.6. The maximum absolute atomic E-state index is 13.8. The molecule has 36 heavy (non-hydrogen) atoms. The summed E-state index contributed by atoms with van der Waals surface area (Å²) in [6.07, 6.45) is 5.19. The van der Waals surface area contributed by atoms with Crippen LogP contribution in [0.3, 0.4) is 0 Å². The van der Waals surface area contributed by atoms with Gasteiger partial charge in [0.05, 0.1) is 19.8 Å². The summed E-state index contributed by atoms with van der Waals surface area (Å²) in [4.78, 5) is 41.5. The lowest BCUT2D eigenvalue weighted by molar-refractivity contribution is -0.127. The number of carbonyl (C=O) groups excluding carboxylic acids is 3. The zero-order chi connectivity index (χ0) is 25.9. The molecule has 1 aliphatic carbocycles. The second kappa shape index (κ2) is 10.7. The molecule has 0 saturated heterocycles. The minimum atomic E-state index is -1.25. The van der Waals surface area contributed by atoms with E-state index in [0.29, 0.717) is 24.0 Å². The van der Waals surface area contributed by atoms with Gasteiger partial charge in [0, 0.05) is 17.8 Å². The Bertz CT molecular complexity index is 1100. The van der Waals surface area contributed by atoms with Gasteiger partial charge in [-0.3, -0.25) is 19.2 Å². The maximum Gasteiger partial charge on any atom is 0.358 e. The summed E-state index contributed by atoms with van der Waals surface area (Å²) in [5.41, 5.74) is -0.396. The molecule has 0 spiro atoms. The van der Waals surface area contributed by atoms with Gasteiger partial charge in [0.1, 0.15) is 17.0 Å². The van der Waals surface area contributed by atoms with E-state index >= 15 is 0 Å². The Morgan fingerprint density at radius 1 is 1.08 bits per heavy atom. The van der Waals surface area contributed by atoms with Crippen LogP contribution in [0.5, 0.6) is 5.75 Å². The van der Waals surface area contributed by atoms with E-state index in [4.69, 9.17) is 9.47 Å². The van der Waals surface area contributed by atoms with Crippen LogP contribution in [0, 0.1) is 5.92 Å². The lowest BCUT2D eigenvalue weighted by Gasteiger charge is -2.44. The molecule has 1 aliphatic heterocycles. The molecule has 1 atom stereocenters. The Hall–Kier alpha value is -3.36. The van der Waals surface area contributed by atoms with Gasteiger partial charge in [0.15, 0.2) is 5.69 Å². The van der Waals surface area contributed by atoms with Crippen molar-refractivity contribution in [1.82, 2.24) is 15.1 Å². The fourth-order valence-corrected chi connectivity index (χ4v) is 5.20. The highest BCUT2D eigenvalue weighted by Crippen LogP contribution is 2.35. The van der Waals surface area contributed by atoms with Crippen LogP contribution < -0.4 is 15.0 Å². The lowest BCUT2D eigenvalue weighted by atomic mass is 9.84.